The van der Waals surface area contributed by atoms with E-state index in [-0.39, 0.29) is 16.3 Å². The number of sulfone groups is 1. The summed E-state index contributed by atoms with van der Waals surface area (Å²) in [7, 11) is -4.01. The number of anilines is 1. The van der Waals surface area contributed by atoms with Crippen molar-refractivity contribution in [1.29, 1.82) is 0 Å². The molecular formula is C23H24N2O4S. The van der Waals surface area contributed by atoms with E-state index in [4.69, 9.17) is 0 Å². The van der Waals surface area contributed by atoms with E-state index in [1.165, 1.54) is 16.7 Å². The van der Waals surface area contributed by atoms with E-state index in [1.54, 1.807) is 44.2 Å². The minimum Gasteiger partial charge on any atom is -0.324 e. The third-order valence-corrected chi connectivity index (χ3v) is 6.87. The third-order valence-electron chi connectivity index (χ3n) is 4.95. The van der Waals surface area contributed by atoms with Crippen LogP contribution in [-0.4, -0.2) is 18.9 Å². The molecule has 6 nitrogen and oxygen atoms in total. The molecule has 0 atom stereocenters. The molecule has 1 aromatic heterocycles. The predicted molar refractivity (Wildman–Crippen MR) is 117 cm³/mol. The number of hydrogen-bond donors (Lipinski definition) is 1. The van der Waals surface area contributed by atoms with Crippen LogP contribution in [0.5, 0.6) is 0 Å². The maximum absolute atomic E-state index is 13.1. The zero-order chi connectivity index (χ0) is 21.9. The molecule has 1 amide bonds. The number of nitrogens with one attached hydrogen (secondary N) is 1. The summed E-state index contributed by atoms with van der Waals surface area (Å²) in [6.07, 6.45) is 0.749. The largest absolute Gasteiger partial charge is 0.324 e. The minimum absolute atomic E-state index is 0.0435. The summed E-state index contributed by atoms with van der Waals surface area (Å²) in [5.74, 6) is -0.395. The maximum atomic E-state index is 13.1. The summed E-state index contributed by atoms with van der Waals surface area (Å²) in [4.78, 5) is 25.5. The summed E-state index contributed by atoms with van der Waals surface area (Å²) in [6.45, 7) is 4.98. The molecule has 7 heteroatoms. The van der Waals surface area contributed by atoms with Crippen molar-refractivity contribution in [3.63, 3.8) is 0 Å². The summed E-state index contributed by atoms with van der Waals surface area (Å²) >= 11 is 0. The highest BCUT2D eigenvalue weighted by molar-refractivity contribution is 7.91. The number of nitrogens with zero attached hydrogens (tertiary/aromatic N) is 1. The molecule has 0 aliphatic rings. The monoisotopic (exact) mass is 424 g/mol. The van der Waals surface area contributed by atoms with Gasteiger partial charge in [-0.05, 0) is 55.7 Å². The summed E-state index contributed by atoms with van der Waals surface area (Å²) in [6, 6.07) is 16.9. The molecule has 3 aromatic rings. The molecule has 0 spiro atoms. The lowest BCUT2D eigenvalue weighted by atomic mass is 10.1. The first kappa shape index (κ1) is 21.5. The fourth-order valence-electron chi connectivity index (χ4n) is 3.43. The number of aryl methyl sites for hydroxylation is 3. The highest BCUT2D eigenvalue weighted by Crippen LogP contribution is 2.21. The van der Waals surface area contributed by atoms with Gasteiger partial charge in [0.1, 0.15) is 11.4 Å². The predicted octanol–water partition coefficient (Wildman–Crippen LogP) is 3.50. The van der Waals surface area contributed by atoms with Crippen molar-refractivity contribution in [2.75, 3.05) is 5.32 Å². The summed E-state index contributed by atoms with van der Waals surface area (Å²) < 4.78 is 27.4. The van der Waals surface area contributed by atoms with E-state index >= 15 is 0 Å². The van der Waals surface area contributed by atoms with Gasteiger partial charge in [0.15, 0.2) is 0 Å². The first-order valence-electron chi connectivity index (χ1n) is 9.64. The normalized spacial score (nSPS) is 11.3. The number of rotatable bonds is 6. The number of carbonyl (C=O) groups excluding carboxylic acids is 1. The number of hydrogen-bond acceptors (Lipinski definition) is 4. The van der Waals surface area contributed by atoms with Gasteiger partial charge in [0.25, 0.3) is 5.56 Å². The van der Waals surface area contributed by atoms with Crippen LogP contribution in [-0.2, 0) is 27.6 Å². The number of pyridine rings is 1. The minimum atomic E-state index is -4.01. The molecule has 0 radical (unpaired) electrons. The van der Waals surface area contributed by atoms with Crippen LogP contribution < -0.4 is 10.9 Å². The van der Waals surface area contributed by atoms with Crippen molar-refractivity contribution >= 4 is 21.4 Å². The Labute approximate surface area is 176 Å². The topological polar surface area (TPSA) is 85.2 Å². The second-order valence-corrected chi connectivity index (χ2v) is 8.95. The second-order valence-electron chi connectivity index (χ2n) is 7.06. The Morgan fingerprint density at radius 1 is 1.00 bits per heavy atom. The van der Waals surface area contributed by atoms with Crippen molar-refractivity contribution < 1.29 is 13.2 Å². The van der Waals surface area contributed by atoms with Crippen molar-refractivity contribution in [2.45, 2.75) is 43.5 Å². The van der Waals surface area contributed by atoms with Gasteiger partial charge in [-0.3, -0.25) is 9.59 Å². The third kappa shape index (κ3) is 4.21. The lowest BCUT2D eigenvalue weighted by Gasteiger charge is -2.15. The fraction of sp³-hybridized carbons (Fsp3) is 0.217. The van der Waals surface area contributed by atoms with E-state index in [2.05, 4.69) is 5.32 Å². The molecule has 0 saturated carbocycles. The van der Waals surface area contributed by atoms with Gasteiger partial charge in [0, 0.05) is 11.4 Å². The van der Waals surface area contributed by atoms with E-state index in [0.717, 1.165) is 12.0 Å². The van der Waals surface area contributed by atoms with Crippen molar-refractivity contribution in [3.8, 4) is 0 Å². The van der Waals surface area contributed by atoms with Crippen molar-refractivity contribution in [1.82, 2.24) is 4.57 Å². The number of carbonyl (C=O) groups is 1. The Kier molecular flexibility index (Phi) is 6.22. The van der Waals surface area contributed by atoms with Gasteiger partial charge >= 0.3 is 0 Å². The quantitative estimate of drug-likeness (QED) is 0.656. The Hall–Kier alpha value is -3.19. The molecule has 1 N–H and O–H groups in total. The lowest BCUT2D eigenvalue weighted by molar-refractivity contribution is -0.116. The molecule has 1 heterocycles. The van der Waals surface area contributed by atoms with Crippen LogP contribution in [0, 0.1) is 13.8 Å². The van der Waals surface area contributed by atoms with Crippen LogP contribution in [0.2, 0.25) is 0 Å². The smallest absolute Gasteiger partial charge is 0.270 e. The van der Waals surface area contributed by atoms with Crippen molar-refractivity contribution in [3.05, 3.63) is 87.8 Å². The lowest BCUT2D eigenvalue weighted by Crippen LogP contribution is -2.33. The molecule has 0 fully saturated rings. The summed E-state index contributed by atoms with van der Waals surface area (Å²) in [5.41, 5.74) is 1.83. The second kappa shape index (κ2) is 8.67. The average molecular weight is 425 g/mol. The molecule has 3 rings (SSSR count). The highest BCUT2D eigenvalue weighted by atomic mass is 32.2. The van der Waals surface area contributed by atoms with Gasteiger partial charge < -0.3 is 9.88 Å². The van der Waals surface area contributed by atoms with Crippen LogP contribution in [0.4, 0.5) is 5.69 Å². The van der Waals surface area contributed by atoms with Crippen LogP contribution in [0.15, 0.2) is 75.2 Å². The maximum Gasteiger partial charge on any atom is 0.270 e. The number of amides is 1. The summed E-state index contributed by atoms with van der Waals surface area (Å²) in [5, 5.41) is 2.82. The fourth-order valence-corrected chi connectivity index (χ4v) is 5.01. The first-order valence-corrected chi connectivity index (χ1v) is 11.1. The Bertz CT molecular complexity index is 1250. The zero-order valence-corrected chi connectivity index (χ0v) is 18.0. The van der Waals surface area contributed by atoms with E-state index < -0.39 is 21.3 Å². The van der Waals surface area contributed by atoms with Gasteiger partial charge in [0.05, 0.1) is 4.90 Å². The number of benzene rings is 2. The molecule has 0 bridgehead atoms. The van der Waals surface area contributed by atoms with E-state index in [0.29, 0.717) is 16.9 Å². The Morgan fingerprint density at radius 2 is 1.63 bits per heavy atom. The molecular weight excluding hydrogens is 400 g/mol. The van der Waals surface area contributed by atoms with Crippen molar-refractivity contribution in [2.24, 2.45) is 0 Å². The Morgan fingerprint density at radius 3 is 2.30 bits per heavy atom. The number of aromatic nitrogens is 1. The standard InChI is InChI=1S/C23H24N2O4S/c1-4-18-10-8-9-13-20(18)24-21(26)15-25-17(3)14-16(2)22(23(25)27)30(28,29)19-11-6-5-7-12-19/h5-14H,4,15H2,1-3H3,(H,24,26). The molecule has 30 heavy (non-hydrogen) atoms. The van der Waals surface area contributed by atoms with Gasteiger partial charge in [-0.25, -0.2) is 8.42 Å². The van der Waals surface area contributed by atoms with Gasteiger partial charge in [-0.15, -0.1) is 0 Å². The Balaban J connectivity index is 2.00. The zero-order valence-electron chi connectivity index (χ0n) is 17.2. The van der Waals surface area contributed by atoms with E-state index in [9.17, 15) is 18.0 Å². The van der Waals surface area contributed by atoms with Crippen LogP contribution >= 0.6 is 0 Å². The first-order chi connectivity index (χ1) is 14.3. The van der Waals surface area contributed by atoms with Crippen LogP contribution in [0.25, 0.3) is 0 Å². The molecule has 156 valence electrons. The van der Waals surface area contributed by atoms with Crippen LogP contribution in [0.3, 0.4) is 0 Å². The van der Waals surface area contributed by atoms with Gasteiger partial charge in [0.2, 0.25) is 15.7 Å². The highest BCUT2D eigenvalue weighted by Gasteiger charge is 2.26. The van der Waals surface area contributed by atoms with Gasteiger partial charge in [-0.1, -0.05) is 43.3 Å². The average Bonchev–Trinajstić information content (AvgIpc) is 2.72. The molecule has 0 unspecified atom stereocenters. The molecule has 0 saturated heterocycles. The molecule has 2 aromatic carbocycles. The molecule has 0 aliphatic carbocycles. The molecule has 0 aliphatic heterocycles. The van der Waals surface area contributed by atoms with E-state index in [1.807, 2.05) is 25.1 Å². The number of para-hydroxylation sites is 1. The van der Waals surface area contributed by atoms with Crippen LogP contribution in [0.1, 0.15) is 23.7 Å². The SMILES string of the molecule is CCc1ccccc1NC(=O)Cn1c(C)cc(C)c(S(=O)(=O)c2ccccc2)c1=O. The van der Waals surface area contributed by atoms with Gasteiger partial charge in [-0.2, -0.15) is 0 Å².